The van der Waals surface area contributed by atoms with E-state index in [2.05, 4.69) is 37.5 Å². The average Bonchev–Trinajstić information content (AvgIpc) is 3.16. The summed E-state index contributed by atoms with van der Waals surface area (Å²) in [7, 11) is 0. The summed E-state index contributed by atoms with van der Waals surface area (Å²) in [4.78, 5) is 29.9. The van der Waals surface area contributed by atoms with Crippen LogP contribution in [-0.4, -0.2) is 109 Å². The van der Waals surface area contributed by atoms with Gasteiger partial charge < -0.3 is 41.0 Å². The maximum Gasteiger partial charge on any atom is 0.306 e. The van der Waals surface area contributed by atoms with Gasteiger partial charge in [0.2, 0.25) is 0 Å². The second-order valence-corrected chi connectivity index (χ2v) is 15.9. The molecule has 0 saturated heterocycles. The first-order valence-corrected chi connectivity index (χ1v) is 22.8. The lowest BCUT2D eigenvalue weighted by atomic mass is 10.0. The van der Waals surface area contributed by atoms with Gasteiger partial charge in [-0.3, -0.25) is 9.59 Å². The molecule has 0 bridgehead atoms. The van der Waals surface area contributed by atoms with E-state index < -0.39 is 12.2 Å². The lowest BCUT2D eigenvalue weighted by Gasteiger charge is -2.27. The van der Waals surface area contributed by atoms with Gasteiger partial charge in [-0.2, -0.15) is 0 Å². The number of unbranched alkanes of at least 4 members (excludes halogenated alkanes) is 13. The fourth-order valence-electron chi connectivity index (χ4n) is 7.04. The smallest absolute Gasteiger partial charge is 0.306 e. The van der Waals surface area contributed by atoms with Crippen LogP contribution in [0.25, 0.3) is 0 Å². The highest BCUT2D eigenvalue weighted by atomic mass is 16.5. The molecule has 0 spiro atoms. The molecule has 0 aliphatic rings. The van der Waals surface area contributed by atoms with E-state index in [0.29, 0.717) is 25.9 Å². The largest absolute Gasteiger partial charge is 0.462 e. The number of hydrogen-bond acceptors (Lipinski definition) is 10. The van der Waals surface area contributed by atoms with E-state index in [4.69, 9.17) is 20.9 Å². The van der Waals surface area contributed by atoms with Crippen LogP contribution in [0, 0.1) is 0 Å². The third-order valence-corrected chi connectivity index (χ3v) is 10.5. The lowest BCUT2D eigenvalue weighted by molar-refractivity contribution is -0.151. The van der Waals surface area contributed by atoms with Crippen LogP contribution in [0.4, 0.5) is 0 Å². The highest BCUT2D eigenvalue weighted by Gasteiger charge is 2.17. The molecule has 0 aliphatic heterocycles. The van der Waals surface area contributed by atoms with Crippen molar-refractivity contribution in [3.8, 4) is 0 Å². The zero-order valence-corrected chi connectivity index (χ0v) is 35.9. The Morgan fingerprint density at radius 2 is 0.778 bits per heavy atom. The number of nitrogens with zero attached hydrogens (tertiary/aromatic N) is 2. The molecule has 0 radical (unpaired) electrons. The summed E-state index contributed by atoms with van der Waals surface area (Å²) in [6, 6.07) is 0. The van der Waals surface area contributed by atoms with Crippen molar-refractivity contribution >= 4 is 11.9 Å². The van der Waals surface area contributed by atoms with Crippen LogP contribution in [0.5, 0.6) is 0 Å². The van der Waals surface area contributed by atoms with Crippen molar-refractivity contribution in [1.29, 1.82) is 0 Å². The van der Waals surface area contributed by atoms with Crippen LogP contribution in [0.15, 0.2) is 0 Å². The maximum absolute atomic E-state index is 12.7. The third-order valence-electron chi connectivity index (χ3n) is 10.5. The number of aliphatic hydroxyl groups excluding tert-OH is 2. The minimum atomic E-state index is -0.581. The zero-order chi connectivity index (χ0) is 40.1. The first-order valence-electron chi connectivity index (χ1n) is 22.8. The van der Waals surface area contributed by atoms with Crippen molar-refractivity contribution < 1.29 is 29.3 Å². The van der Waals surface area contributed by atoms with Crippen molar-refractivity contribution in [2.24, 2.45) is 11.5 Å². The predicted octanol–water partition coefficient (Wildman–Crippen LogP) is 8.28. The number of hydrogen-bond donors (Lipinski definition) is 4. The van der Waals surface area contributed by atoms with Gasteiger partial charge in [-0.25, -0.2) is 0 Å². The summed E-state index contributed by atoms with van der Waals surface area (Å²) >= 11 is 0. The molecular formula is C44H90N4O6. The molecule has 0 aromatic rings. The van der Waals surface area contributed by atoms with E-state index in [0.717, 1.165) is 129 Å². The highest BCUT2D eigenvalue weighted by molar-refractivity contribution is 5.69. The second-order valence-electron chi connectivity index (χ2n) is 15.9. The van der Waals surface area contributed by atoms with Crippen molar-refractivity contribution in [2.75, 3.05) is 52.4 Å². The summed E-state index contributed by atoms with van der Waals surface area (Å²) in [5, 5.41) is 20.6. The third kappa shape index (κ3) is 32.9. The number of ether oxygens (including phenoxy) is 2. The van der Waals surface area contributed by atoms with Gasteiger partial charge in [0.15, 0.2) is 0 Å². The molecule has 0 aromatic carbocycles. The quantitative estimate of drug-likeness (QED) is 0.0353. The minimum Gasteiger partial charge on any atom is -0.462 e. The Bertz CT molecular complexity index is 771. The molecular weight excluding hydrogens is 681 g/mol. The molecule has 0 saturated carbocycles. The Morgan fingerprint density at radius 3 is 1.11 bits per heavy atom. The molecule has 0 heterocycles. The summed E-state index contributed by atoms with van der Waals surface area (Å²) in [5.41, 5.74) is 11.5. The van der Waals surface area contributed by atoms with E-state index >= 15 is 0 Å². The first-order chi connectivity index (χ1) is 26.2. The number of esters is 2. The Labute approximate surface area is 333 Å². The molecule has 10 nitrogen and oxygen atoms in total. The molecule has 10 heteroatoms. The normalized spacial score (nSPS) is 14.0. The van der Waals surface area contributed by atoms with Crippen LogP contribution >= 0.6 is 0 Å². The van der Waals surface area contributed by atoms with E-state index in [1.54, 1.807) is 0 Å². The standard InChI is InChI=1S/C44H90N4O6/c1-5-9-13-15-17-27-41(25-11-7-3)53-43(51)29-19-21-31-47(37-39(49)35-45)33-23-24-34-48(38-40(50)36-46)32-22-20-30-44(52)54-42(26-12-8-4)28-18-16-14-10-6-2/h39-42,49-50H,5-38,45-46H2,1-4H3. The maximum atomic E-state index is 12.7. The summed E-state index contributed by atoms with van der Waals surface area (Å²) in [5.74, 6) is -0.168. The van der Waals surface area contributed by atoms with Gasteiger partial charge in [0.05, 0.1) is 12.2 Å². The molecule has 0 aromatic heterocycles. The number of nitrogens with two attached hydrogens (primary N) is 2. The van der Waals surface area contributed by atoms with Crippen LogP contribution < -0.4 is 11.5 Å². The predicted molar refractivity (Wildman–Crippen MR) is 226 cm³/mol. The molecule has 4 unspecified atom stereocenters. The van der Waals surface area contributed by atoms with Crippen LogP contribution in [0.3, 0.4) is 0 Å². The average molecular weight is 771 g/mol. The summed E-state index contributed by atoms with van der Waals surface area (Å²) in [6.07, 6.45) is 25.4. The molecule has 0 aliphatic carbocycles. The molecule has 54 heavy (non-hydrogen) atoms. The van der Waals surface area contributed by atoms with Gasteiger partial charge in [0, 0.05) is 39.0 Å². The Kier molecular flexibility index (Phi) is 37.6. The number of carbonyl (C=O) groups excluding carboxylic acids is 2. The van der Waals surface area contributed by atoms with Crippen LogP contribution in [0.1, 0.15) is 195 Å². The fraction of sp³-hybridized carbons (Fsp3) is 0.955. The van der Waals surface area contributed by atoms with Gasteiger partial charge in [0.1, 0.15) is 12.2 Å². The second kappa shape index (κ2) is 38.6. The van der Waals surface area contributed by atoms with Gasteiger partial charge in [-0.05, 0) is 103 Å². The zero-order valence-electron chi connectivity index (χ0n) is 35.9. The SMILES string of the molecule is CCCCCCCC(CCCC)OC(=O)CCCCN(CCCCN(CCCCC(=O)OC(CCCC)CCCCCCC)CC(O)CN)CC(O)CN. The molecule has 4 atom stereocenters. The summed E-state index contributed by atoms with van der Waals surface area (Å²) < 4.78 is 11.8. The number of carbonyl (C=O) groups is 2. The fourth-order valence-corrected chi connectivity index (χ4v) is 7.04. The van der Waals surface area contributed by atoms with E-state index in [1.165, 1.54) is 51.4 Å². The topological polar surface area (TPSA) is 152 Å². The van der Waals surface area contributed by atoms with E-state index in [1.807, 2.05) is 0 Å². The van der Waals surface area contributed by atoms with Crippen molar-refractivity contribution in [3.63, 3.8) is 0 Å². The molecule has 322 valence electrons. The molecule has 0 rings (SSSR count). The first kappa shape index (κ1) is 52.7. The molecule has 6 N–H and O–H groups in total. The Morgan fingerprint density at radius 1 is 0.463 bits per heavy atom. The van der Waals surface area contributed by atoms with Gasteiger partial charge >= 0.3 is 11.9 Å². The lowest BCUT2D eigenvalue weighted by Crippen LogP contribution is -2.39. The van der Waals surface area contributed by atoms with Crippen LogP contribution in [0.2, 0.25) is 0 Å². The van der Waals surface area contributed by atoms with E-state index in [9.17, 15) is 19.8 Å². The summed E-state index contributed by atoms with van der Waals surface area (Å²) in [6.45, 7) is 13.5. The highest BCUT2D eigenvalue weighted by Crippen LogP contribution is 2.18. The van der Waals surface area contributed by atoms with Gasteiger partial charge in [-0.1, -0.05) is 105 Å². The Hall–Kier alpha value is -1.30. The van der Waals surface area contributed by atoms with Crippen molar-refractivity contribution in [1.82, 2.24) is 9.80 Å². The number of rotatable bonds is 41. The van der Waals surface area contributed by atoms with Crippen molar-refractivity contribution in [2.45, 2.75) is 219 Å². The molecule has 0 fully saturated rings. The Balaban J connectivity index is 4.73. The monoisotopic (exact) mass is 771 g/mol. The van der Waals surface area contributed by atoms with E-state index in [-0.39, 0.29) is 37.2 Å². The number of aliphatic hydroxyl groups is 2. The van der Waals surface area contributed by atoms with Gasteiger partial charge in [-0.15, -0.1) is 0 Å². The van der Waals surface area contributed by atoms with Gasteiger partial charge in [0.25, 0.3) is 0 Å². The minimum absolute atomic E-state index is 0.0418. The van der Waals surface area contributed by atoms with Crippen molar-refractivity contribution in [3.05, 3.63) is 0 Å². The molecule has 0 amide bonds. The van der Waals surface area contributed by atoms with Crippen LogP contribution in [-0.2, 0) is 19.1 Å².